The standard InChI is InChI=1S/C21H3/c1-3-5-7-9-11-13-15-17-19-21-20-18-16-14-12-10-8-6-4-2/h1H3/q-1. The predicted octanol–water partition coefficient (Wildman–Crippen LogP) is 0.627. The normalized spacial score (nSPS) is 3.81. The summed E-state index contributed by atoms with van der Waals surface area (Å²) in [5, 5.41) is 0. The van der Waals surface area contributed by atoms with Gasteiger partial charge in [0, 0.05) is 0 Å². The molecule has 0 heterocycles. The third-order valence-corrected chi connectivity index (χ3v) is 1.19. The molecule has 21 heavy (non-hydrogen) atoms. The zero-order valence-electron chi connectivity index (χ0n) is 11.0. The monoisotopic (exact) mass is 255 g/mol. The van der Waals surface area contributed by atoms with Crippen molar-refractivity contribution < 1.29 is 0 Å². The average molecular weight is 255 g/mol. The van der Waals surface area contributed by atoms with E-state index >= 15 is 0 Å². The second kappa shape index (κ2) is 15.6. The Morgan fingerprint density at radius 3 is 0.857 bits per heavy atom. The van der Waals surface area contributed by atoms with Crippen molar-refractivity contribution in [2.24, 2.45) is 0 Å². The Hall–Kier alpha value is -4.40. The molecule has 0 aromatic heterocycles. The highest BCUT2D eigenvalue weighted by atomic mass is 13.6. The van der Waals surface area contributed by atoms with Crippen molar-refractivity contribution in [1.82, 2.24) is 0 Å². The van der Waals surface area contributed by atoms with E-state index in [0.29, 0.717) is 0 Å². The van der Waals surface area contributed by atoms with Gasteiger partial charge < -0.3 is 6.42 Å². The number of hydrogen-bond acceptors (Lipinski definition) is 0. The highest BCUT2D eigenvalue weighted by molar-refractivity contribution is 5.46. The van der Waals surface area contributed by atoms with Crippen LogP contribution in [-0.2, 0) is 0 Å². The molecule has 0 saturated heterocycles. The molecule has 0 atom stereocenters. The first-order valence-electron chi connectivity index (χ1n) is 5.25. The molecule has 0 N–H and O–H groups in total. The van der Waals surface area contributed by atoms with Gasteiger partial charge in [0.2, 0.25) is 0 Å². The maximum absolute atomic E-state index is 6.50. The van der Waals surface area contributed by atoms with E-state index in [2.05, 4.69) is 107 Å². The minimum absolute atomic E-state index is 1.70. The van der Waals surface area contributed by atoms with Gasteiger partial charge in [-0.05, 0) is 95.7 Å². The van der Waals surface area contributed by atoms with Crippen molar-refractivity contribution in [3.63, 3.8) is 0 Å². The van der Waals surface area contributed by atoms with E-state index in [0.717, 1.165) is 0 Å². The summed E-state index contributed by atoms with van der Waals surface area (Å²) in [6.07, 6.45) is 6.50. The topological polar surface area (TPSA) is 0 Å². The van der Waals surface area contributed by atoms with E-state index in [1.807, 2.05) is 5.92 Å². The lowest BCUT2D eigenvalue weighted by Crippen LogP contribution is -1.56. The van der Waals surface area contributed by atoms with Crippen LogP contribution < -0.4 is 0 Å². The van der Waals surface area contributed by atoms with Crippen molar-refractivity contribution in [3.8, 4) is 112 Å². The Morgan fingerprint density at radius 1 is 0.381 bits per heavy atom. The zero-order valence-corrected chi connectivity index (χ0v) is 11.0. The molecule has 0 spiro atoms. The van der Waals surface area contributed by atoms with Crippen molar-refractivity contribution in [1.29, 1.82) is 0 Å². The third kappa shape index (κ3) is 15.6. The quantitative estimate of drug-likeness (QED) is 0.440. The molecule has 0 aliphatic rings. The molecule has 88 valence electrons. The first-order chi connectivity index (χ1) is 10.4. The fourth-order valence-corrected chi connectivity index (χ4v) is 0.562. The van der Waals surface area contributed by atoms with Crippen molar-refractivity contribution >= 4 is 0 Å². The molecule has 0 unspecified atom stereocenters. The lowest BCUT2D eigenvalue weighted by molar-refractivity contribution is 1.92. The summed E-state index contributed by atoms with van der Waals surface area (Å²) in [7, 11) is 0. The Morgan fingerprint density at radius 2 is 0.619 bits per heavy atom. The predicted molar refractivity (Wildman–Crippen MR) is 82.8 cm³/mol. The zero-order chi connectivity index (χ0) is 15.4. The van der Waals surface area contributed by atoms with Crippen molar-refractivity contribution in [2.75, 3.05) is 0 Å². The SMILES string of the molecule is [C-]#CC#CC#CC#CC#CC#CC#CC#CC#CC#CC. The number of hydrogen-bond donors (Lipinski definition) is 0. The smallest absolute Gasteiger partial charge is 0.0000000000000000587 e. The Balaban J connectivity index is 4.35. The molecule has 0 aliphatic carbocycles. The summed E-state index contributed by atoms with van der Waals surface area (Å²) in [4.78, 5) is 0. The van der Waals surface area contributed by atoms with E-state index < -0.39 is 0 Å². The van der Waals surface area contributed by atoms with Crippen LogP contribution in [0.15, 0.2) is 0 Å². The van der Waals surface area contributed by atoms with Crippen LogP contribution in [0.3, 0.4) is 0 Å². The van der Waals surface area contributed by atoms with Gasteiger partial charge in [0.1, 0.15) is 0 Å². The molecule has 0 radical (unpaired) electrons. The van der Waals surface area contributed by atoms with Gasteiger partial charge in [-0.1, -0.05) is 5.92 Å². The summed E-state index contributed by atoms with van der Waals surface area (Å²) in [6, 6.07) is 0. The van der Waals surface area contributed by atoms with Gasteiger partial charge in [-0.25, -0.2) is 5.92 Å². The molecule has 0 bridgehead atoms. The summed E-state index contributed by atoms with van der Waals surface area (Å²) >= 11 is 0. The Kier molecular flexibility index (Phi) is 12.3. The largest absolute Gasteiger partial charge is 0.358 e. The maximum Gasteiger partial charge on any atom is -0.0000000000000000587 e. The molecule has 0 saturated carbocycles. The Labute approximate surface area is 126 Å². The lowest BCUT2D eigenvalue weighted by atomic mass is 10.4. The average Bonchev–Trinajstić information content (AvgIpc) is 2.50. The van der Waals surface area contributed by atoms with Crippen LogP contribution in [-0.4, -0.2) is 0 Å². The second-order valence-electron chi connectivity index (χ2n) is 2.50. The molecular weight excluding hydrogens is 252 g/mol. The van der Waals surface area contributed by atoms with E-state index in [9.17, 15) is 0 Å². The maximum atomic E-state index is 6.50. The van der Waals surface area contributed by atoms with Crippen LogP contribution in [0.2, 0.25) is 0 Å². The van der Waals surface area contributed by atoms with Crippen LogP contribution in [0.1, 0.15) is 6.92 Å². The van der Waals surface area contributed by atoms with E-state index in [1.165, 1.54) is 0 Å². The molecule has 0 nitrogen and oxygen atoms in total. The molecule has 0 fully saturated rings. The van der Waals surface area contributed by atoms with Gasteiger partial charge >= 0.3 is 0 Å². The summed E-state index contributed by atoms with van der Waals surface area (Å²) in [5.41, 5.74) is 0. The summed E-state index contributed by atoms with van der Waals surface area (Å²) in [6.45, 7) is 1.70. The van der Waals surface area contributed by atoms with Crippen LogP contribution in [0.25, 0.3) is 0 Å². The highest BCUT2D eigenvalue weighted by Gasteiger charge is 1.57. The molecule has 0 heteroatoms. The van der Waals surface area contributed by atoms with Crippen molar-refractivity contribution in [2.45, 2.75) is 6.92 Å². The summed E-state index contributed by atoms with van der Waals surface area (Å²) in [5.74, 6) is 46.3. The lowest BCUT2D eigenvalue weighted by Gasteiger charge is -1.63. The third-order valence-electron chi connectivity index (χ3n) is 1.19. The minimum atomic E-state index is 1.70. The van der Waals surface area contributed by atoms with Crippen LogP contribution >= 0.6 is 0 Å². The summed E-state index contributed by atoms with van der Waals surface area (Å²) < 4.78 is 0. The van der Waals surface area contributed by atoms with Gasteiger partial charge in [0.25, 0.3) is 0 Å². The minimum Gasteiger partial charge on any atom is -0.358 e. The fourth-order valence-electron chi connectivity index (χ4n) is 0.562. The van der Waals surface area contributed by atoms with Crippen LogP contribution in [0.5, 0.6) is 0 Å². The molecule has 0 amide bonds. The highest BCUT2D eigenvalue weighted by Crippen LogP contribution is 1.58. The molecule has 0 aliphatic heterocycles. The molecular formula is C21H3-. The molecule has 0 aromatic carbocycles. The first-order valence-corrected chi connectivity index (χ1v) is 5.25. The van der Waals surface area contributed by atoms with Gasteiger partial charge in [-0.3, -0.25) is 5.92 Å². The van der Waals surface area contributed by atoms with Crippen molar-refractivity contribution in [3.05, 3.63) is 6.42 Å². The van der Waals surface area contributed by atoms with E-state index in [4.69, 9.17) is 6.42 Å². The van der Waals surface area contributed by atoms with Crippen LogP contribution in [0, 0.1) is 119 Å². The van der Waals surface area contributed by atoms with Gasteiger partial charge in [-0.2, -0.15) is 0 Å². The number of rotatable bonds is 0. The van der Waals surface area contributed by atoms with Gasteiger partial charge in [0.15, 0.2) is 0 Å². The molecule has 0 aromatic rings. The van der Waals surface area contributed by atoms with Gasteiger partial charge in [0.05, 0.1) is 0 Å². The van der Waals surface area contributed by atoms with E-state index in [-0.39, 0.29) is 0 Å². The second-order valence-corrected chi connectivity index (χ2v) is 2.50. The fraction of sp³-hybridized carbons (Fsp3) is 0.0476. The first kappa shape index (κ1) is 16.6. The van der Waals surface area contributed by atoms with E-state index in [1.54, 1.807) is 6.92 Å². The van der Waals surface area contributed by atoms with Gasteiger partial charge in [-0.15, -0.1) is 5.92 Å². The Bertz CT molecular complexity index is 983. The van der Waals surface area contributed by atoms with Crippen LogP contribution in [0.4, 0.5) is 0 Å². The molecule has 0 rings (SSSR count).